The third-order valence-electron chi connectivity index (χ3n) is 5.92. The Morgan fingerprint density at radius 1 is 0.867 bits per heavy atom. The van der Waals surface area contributed by atoms with E-state index in [-0.39, 0.29) is 11.8 Å². The number of nitrogens with one attached hydrogen (secondary N) is 2. The molecule has 0 bridgehead atoms. The second kappa shape index (κ2) is 6.59. The van der Waals surface area contributed by atoms with Crippen LogP contribution in [0, 0.1) is 0 Å². The molecule has 3 aromatic carbocycles. The molecule has 0 radical (unpaired) electrons. The molecule has 0 aliphatic carbocycles. The number of amides is 1. The second-order valence-electron chi connectivity index (χ2n) is 7.90. The van der Waals surface area contributed by atoms with Gasteiger partial charge >= 0.3 is 0 Å². The summed E-state index contributed by atoms with van der Waals surface area (Å²) in [5, 5.41) is 1.11. The molecular weight excluding hydrogens is 372 g/mol. The number of aromatic nitrogens is 3. The topological polar surface area (TPSA) is 64.8 Å². The highest BCUT2D eigenvalue weighted by Crippen LogP contribution is 2.29. The van der Waals surface area contributed by atoms with Crippen LogP contribution in [0.1, 0.15) is 22.1 Å². The maximum atomic E-state index is 13.0. The second-order valence-corrected chi connectivity index (χ2v) is 7.90. The molecule has 30 heavy (non-hydrogen) atoms. The van der Waals surface area contributed by atoms with Crippen LogP contribution in [0.4, 0.5) is 0 Å². The molecule has 1 amide bonds. The molecule has 5 nitrogen and oxygen atoms in total. The van der Waals surface area contributed by atoms with E-state index in [2.05, 4.69) is 33.2 Å². The summed E-state index contributed by atoms with van der Waals surface area (Å²) in [6, 6.07) is 26.3. The molecule has 0 atom stereocenters. The van der Waals surface area contributed by atoms with Crippen LogP contribution < -0.4 is 0 Å². The Bertz CT molecular complexity index is 1340. The first-order valence-electron chi connectivity index (χ1n) is 10.2. The zero-order valence-electron chi connectivity index (χ0n) is 16.3. The number of benzene rings is 3. The monoisotopic (exact) mass is 392 g/mol. The molecule has 1 aliphatic heterocycles. The van der Waals surface area contributed by atoms with Crippen LogP contribution in [0.5, 0.6) is 0 Å². The first-order valence-corrected chi connectivity index (χ1v) is 10.2. The average Bonchev–Trinajstić information content (AvgIpc) is 3.36. The fourth-order valence-electron chi connectivity index (χ4n) is 4.20. The Morgan fingerprint density at radius 3 is 2.50 bits per heavy atom. The molecule has 6 rings (SSSR count). The van der Waals surface area contributed by atoms with Gasteiger partial charge in [-0.25, -0.2) is 4.98 Å². The first-order chi connectivity index (χ1) is 14.7. The standard InChI is InChI=1S/C25H20N4O/c30-25(29-14-19(15-29)24-27-20-8-4-5-9-21(20)28-24)18-11-10-17-12-22(26-23(17)13-18)16-6-2-1-3-7-16/h1-13,19,26H,14-15H2,(H,27,28). The SMILES string of the molecule is O=C(c1ccc2cc(-c3ccccc3)[nH]c2c1)N1CC(c2nc3ccccc3[nH]2)C1. The Kier molecular flexibility index (Phi) is 3.74. The molecule has 1 fully saturated rings. The van der Waals surface area contributed by atoms with Crippen molar-refractivity contribution in [2.24, 2.45) is 0 Å². The number of carbonyl (C=O) groups is 1. The molecule has 3 heterocycles. The minimum atomic E-state index is 0.0696. The van der Waals surface area contributed by atoms with Crippen LogP contribution in [0.3, 0.4) is 0 Å². The van der Waals surface area contributed by atoms with E-state index in [1.807, 2.05) is 65.6 Å². The predicted molar refractivity (Wildman–Crippen MR) is 118 cm³/mol. The molecule has 0 unspecified atom stereocenters. The van der Waals surface area contributed by atoms with Gasteiger partial charge in [-0.05, 0) is 35.9 Å². The highest BCUT2D eigenvalue weighted by atomic mass is 16.2. The highest BCUT2D eigenvalue weighted by Gasteiger charge is 2.34. The fourth-order valence-corrected chi connectivity index (χ4v) is 4.20. The van der Waals surface area contributed by atoms with Crippen molar-refractivity contribution in [1.29, 1.82) is 0 Å². The normalized spacial score (nSPS) is 14.3. The van der Waals surface area contributed by atoms with E-state index in [1.54, 1.807) is 0 Å². The summed E-state index contributed by atoms with van der Waals surface area (Å²) in [6.07, 6.45) is 0. The molecular formula is C25H20N4O. The summed E-state index contributed by atoms with van der Waals surface area (Å²) in [5.41, 5.74) is 5.91. The predicted octanol–water partition coefficient (Wildman–Crippen LogP) is 4.95. The Labute approximate surface area is 173 Å². The van der Waals surface area contributed by atoms with Gasteiger partial charge in [0.15, 0.2) is 0 Å². The van der Waals surface area contributed by atoms with Crippen molar-refractivity contribution in [2.75, 3.05) is 13.1 Å². The highest BCUT2D eigenvalue weighted by molar-refractivity contribution is 5.99. The van der Waals surface area contributed by atoms with E-state index in [1.165, 1.54) is 0 Å². The molecule has 146 valence electrons. The summed E-state index contributed by atoms with van der Waals surface area (Å²) in [4.78, 5) is 26.4. The van der Waals surface area contributed by atoms with Crippen molar-refractivity contribution < 1.29 is 4.79 Å². The van der Waals surface area contributed by atoms with Crippen molar-refractivity contribution in [1.82, 2.24) is 19.9 Å². The number of para-hydroxylation sites is 2. The molecule has 5 aromatic rings. The smallest absolute Gasteiger partial charge is 0.253 e. The molecule has 2 aromatic heterocycles. The molecule has 1 saturated heterocycles. The maximum Gasteiger partial charge on any atom is 0.253 e. The number of hydrogen-bond acceptors (Lipinski definition) is 2. The van der Waals surface area contributed by atoms with Crippen LogP contribution >= 0.6 is 0 Å². The number of likely N-dealkylation sites (tertiary alicyclic amines) is 1. The van der Waals surface area contributed by atoms with Gasteiger partial charge in [-0.3, -0.25) is 4.79 Å². The van der Waals surface area contributed by atoms with Gasteiger partial charge in [-0.15, -0.1) is 0 Å². The zero-order valence-corrected chi connectivity index (χ0v) is 16.3. The van der Waals surface area contributed by atoms with Gasteiger partial charge in [0.2, 0.25) is 0 Å². The fraction of sp³-hybridized carbons (Fsp3) is 0.120. The minimum Gasteiger partial charge on any atom is -0.355 e. The van der Waals surface area contributed by atoms with Gasteiger partial charge in [0, 0.05) is 35.2 Å². The number of aromatic amines is 2. The van der Waals surface area contributed by atoms with Gasteiger partial charge in [0.25, 0.3) is 5.91 Å². The third-order valence-corrected chi connectivity index (χ3v) is 5.92. The van der Waals surface area contributed by atoms with Crippen molar-refractivity contribution in [3.63, 3.8) is 0 Å². The number of H-pyrrole nitrogens is 2. The lowest BCUT2D eigenvalue weighted by molar-refractivity contribution is 0.0596. The van der Waals surface area contributed by atoms with E-state index in [0.29, 0.717) is 18.7 Å². The number of imidazole rings is 1. The molecule has 0 spiro atoms. The third kappa shape index (κ3) is 2.78. The number of nitrogens with zero attached hydrogens (tertiary/aromatic N) is 2. The molecule has 1 aliphatic rings. The summed E-state index contributed by atoms with van der Waals surface area (Å²) < 4.78 is 0. The van der Waals surface area contributed by atoms with Gasteiger partial charge < -0.3 is 14.9 Å². The van der Waals surface area contributed by atoms with E-state index >= 15 is 0 Å². The van der Waals surface area contributed by atoms with Crippen molar-refractivity contribution in [3.05, 3.63) is 90.3 Å². The van der Waals surface area contributed by atoms with E-state index in [9.17, 15) is 4.79 Å². The average molecular weight is 392 g/mol. The van der Waals surface area contributed by atoms with Crippen LogP contribution in [0.2, 0.25) is 0 Å². The van der Waals surface area contributed by atoms with Crippen molar-refractivity contribution in [2.45, 2.75) is 5.92 Å². The van der Waals surface area contributed by atoms with Gasteiger partial charge in [0.1, 0.15) is 5.82 Å². The lowest BCUT2D eigenvalue weighted by Crippen LogP contribution is -2.48. The van der Waals surface area contributed by atoms with Crippen LogP contribution in [0.15, 0.2) is 78.9 Å². The summed E-state index contributed by atoms with van der Waals surface area (Å²) in [5.74, 6) is 1.30. The summed E-state index contributed by atoms with van der Waals surface area (Å²) >= 11 is 0. The summed E-state index contributed by atoms with van der Waals surface area (Å²) in [6.45, 7) is 1.38. The van der Waals surface area contributed by atoms with Crippen molar-refractivity contribution in [3.8, 4) is 11.3 Å². The largest absolute Gasteiger partial charge is 0.355 e. The number of rotatable bonds is 3. The van der Waals surface area contributed by atoms with Crippen LogP contribution in [-0.2, 0) is 0 Å². The van der Waals surface area contributed by atoms with Crippen LogP contribution in [-0.4, -0.2) is 38.8 Å². The van der Waals surface area contributed by atoms with Gasteiger partial charge in [-0.1, -0.05) is 48.5 Å². The van der Waals surface area contributed by atoms with Gasteiger partial charge in [0.05, 0.1) is 17.0 Å². The lowest BCUT2D eigenvalue weighted by Gasteiger charge is -2.38. The van der Waals surface area contributed by atoms with Crippen molar-refractivity contribution >= 4 is 27.8 Å². The summed E-state index contributed by atoms with van der Waals surface area (Å²) in [7, 11) is 0. The minimum absolute atomic E-state index is 0.0696. The van der Waals surface area contributed by atoms with Gasteiger partial charge in [-0.2, -0.15) is 0 Å². The Balaban J connectivity index is 1.21. The maximum absolute atomic E-state index is 13.0. The molecule has 5 heteroatoms. The van der Waals surface area contributed by atoms with E-state index < -0.39 is 0 Å². The Hall–Kier alpha value is -3.86. The number of hydrogen-bond donors (Lipinski definition) is 2. The first kappa shape index (κ1) is 17.0. The number of fused-ring (bicyclic) bond motifs is 2. The van der Waals surface area contributed by atoms with E-state index in [0.717, 1.165) is 39.0 Å². The molecule has 0 saturated carbocycles. The lowest BCUT2D eigenvalue weighted by atomic mass is 9.98. The molecule has 2 N–H and O–H groups in total. The zero-order chi connectivity index (χ0) is 20.1. The van der Waals surface area contributed by atoms with Crippen LogP contribution in [0.25, 0.3) is 33.2 Å². The quantitative estimate of drug-likeness (QED) is 0.456. The van der Waals surface area contributed by atoms with E-state index in [4.69, 9.17) is 0 Å². The number of carbonyl (C=O) groups excluding carboxylic acids is 1. The Morgan fingerprint density at radius 2 is 1.67 bits per heavy atom.